The number of nitrogens with two attached hydrogens (primary N) is 1. The number of carbonyl (C=O) groups excluding carboxylic acids is 1. The molecular formula is C13H16F4N2O. The number of halogens is 4. The largest absolute Gasteiger partial charge is 0.416 e. The monoisotopic (exact) mass is 292 g/mol. The summed E-state index contributed by atoms with van der Waals surface area (Å²) in [4.78, 5) is 12.4. The molecule has 3 nitrogen and oxygen atoms in total. The van der Waals surface area contributed by atoms with Crippen LogP contribution in [0.1, 0.15) is 24.5 Å². The Balaban J connectivity index is 2.81. The Morgan fingerprint density at radius 1 is 1.40 bits per heavy atom. The fourth-order valence-corrected chi connectivity index (χ4v) is 1.72. The molecule has 1 unspecified atom stereocenters. The van der Waals surface area contributed by atoms with E-state index in [2.05, 4.69) is 0 Å². The molecule has 0 heterocycles. The molecule has 0 aliphatic heterocycles. The highest BCUT2D eigenvalue weighted by molar-refractivity contribution is 5.74. The van der Waals surface area contributed by atoms with Crippen molar-refractivity contribution in [1.29, 1.82) is 0 Å². The summed E-state index contributed by atoms with van der Waals surface area (Å²) in [7, 11) is 1.64. The first-order chi connectivity index (χ1) is 9.11. The van der Waals surface area contributed by atoms with Crippen molar-refractivity contribution in [2.45, 2.75) is 32.1 Å². The van der Waals surface area contributed by atoms with Gasteiger partial charge < -0.3 is 5.73 Å². The molecule has 0 saturated carbocycles. The highest BCUT2D eigenvalue weighted by Crippen LogP contribution is 2.30. The Morgan fingerprint density at radius 3 is 2.45 bits per heavy atom. The van der Waals surface area contributed by atoms with Gasteiger partial charge >= 0.3 is 6.18 Å². The molecule has 1 aromatic rings. The summed E-state index contributed by atoms with van der Waals surface area (Å²) in [6, 6.07) is 2.19. The van der Waals surface area contributed by atoms with Gasteiger partial charge in [-0.3, -0.25) is 9.69 Å². The number of primary amides is 1. The lowest BCUT2D eigenvalue weighted by Gasteiger charge is -2.24. The number of alkyl halides is 3. The second kappa shape index (κ2) is 6.21. The van der Waals surface area contributed by atoms with Crippen molar-refractivity contribution in [2.75, 3.05) is 7.05 Å². The lowest BCUT2D eigenvalue weighted by molar-refractivity contribution is -0.137. The first kappa shape index (κ1) is 16.4. The molecule has 1 atom stereocenters. The molecule has 0 aliphatic carbocycles. The number of amides is 1. The molecule has 1 amide bonds. The lowest BCUT2D eigenvalue weighted by Crippen LogP contribution is -2.32. The van der Waals surface area contributed by atoms with Crippen LogP contribution in [0.4, 0.5) is 17.6 Å². The number of rotatable bonds is 5. The predicted molar refractivity (Wildman–Crippen MR) is 66.1 cm³/mol. The van der Waals surface area contributed by atoms with Crippen molar-refractivity contribution in [2.24, 2.45) is 5.73 Å². The maximum absolute atomic E-state index is 13.6. The van der Waals surface area contributed by atoms with Crippen molar-refractivity contribution in [1.82, 2.24) is 4.90 Å². The molecule has 7 heteroatoms. The van der Waals surface area contributed by atoms with E-state index >= 15 is 0 Å². The van der Waals surface area contributed by atoms with E-state index in [4.69, 9.17) is 5.73 Å². The summed E-state index contributed by atoms with van der Waals surface area (Å²) in [5.74, 6) is -1.41. The Labute approximate surface area is 114 Å². The number of nitrogens with zero attached hydrogens (tertiary/aromatic N) is 1. The van der Waals surface area contributed by atoms with Crippen molar-refractivity contribution in [3.8, 4) is 0 Å². The van der Waals surface area contributed by atoms with Crippen LogP contribution in [0.5, 0.6) is 0 Å². The van der Waals surface area contributed by atoms with Crippen LogP contribution < -0.4 is 5.73 Å². The van der Waals surface area contributed by atoms with Crippen molar-refractivity contribution in [3.05, 3.63) is 35.1 Å². The van der Waals surface area contributed by atoms with Gasteiger partial charge in [-0.2, -0.15) is 13.2 Å². The summed E-state index contributed by atoms with van der Waals surface area (Å²) >= 11 is 0. The molecule has 0 aliphatic rings. The van der Waals surface area contributed by atoms with Crippen LogP contribution in [0.15, 0.2) is 18.2 Å². The molecule has 2 N–H and O–H groups in total. The molecular weight excluding hydrogens is 276 g/mol. The summed E-state index contributed by atoms with van der Waals surface area (Å²) in [6.45, 7) is 1.82. The van der Waals surface area contributed by atoms with Crippen molar-refractivity contribution < 1.29 is 22.4 Å². The van der Waals surface area contributed by atoms with Crippen LogP contribution >= 0.6 is 0 Å². The van der Waals surface area contributed by atoms with Crippen LogP contribution in [0.3, 0.4) is 0 Å². The Morgan fingerprint density at radius 2 is 2.00 bits per heavy atom. The van der Waals surface area contributed by atoms with Gasteiger partial charge in [-0.15, -0.1) is 0 Å². The number of hydrogen-bond acceptors (Lipinski definition) is 2. The Kier molecular flexibility index (Phi) is 5.10. The van der Waals surface area contributed by atoms with E-state index in [1.165, 1.54) is 0 Å². The van der Waals surface area contributed by atoms with Gasteiger partial charge in [-0.05, 0) is 26.1 Å². The highest BCUT2D eigenvalue weighted by Gasteiger charge is 2.31. The SMILES string of the molecule is CC(CC(N)=O)N(C)Cc1ccc(C(F)(F)F)cc1F. The zero-order valence-electron chi connectivity index (χ0n) is 11.2. The molecule has 0 spiro atoms. The normalized spacial score (nSPS) is 13.6. The van der Waals surface area contributed by atoms with E-state index in [1.807, 2.05) is 0 Å². The standard InChI is InChI=1S/C13H16F4N2O/c1-8(5-12(18)20)19(2)7-9-3-4-10(6-11(9)14)13(15,16)17/h3-4,6,8H,5,7H2,1-2H3,(H2,18,20). The third-order valence-corrected chi connectivity index (χ3v) is 3.05. The van der Waals surface area contributed by atoms with Gasteiger partial charge in [0.05, 0.1) is 5.56 Å². The maximum atomic E-state index is 13.6. The zero-order valence-corrected chi connectivity index (χ0v) is 11.2. The zero-order chi connectivity index (χ0) is 15.5. The average Bonchev–Trinajstić information content (AvgIpc) is 2.29. The van der Waals surface area contributed by atoms with Crippen LogP contribution in [0.25, 0.3) is 0 Å². The molecule has 0 saturated heterocycles. The van der Waals surface area contributed by atoms with Gasteiger partial charge in [0, 0.05) is 24.6 Å². The van der Waals surface area contributed by atoms with Crippen LogP contribution in [-0.4, -0.2) is 23.9 Å². The van der Waals surface area contributed by atoms with Gasteiger partial charge in [-0.1, -0.05) is 6.07 Å². The maximum Gasteiger partial charge on any atom is 0.416 e. The first-order valence-electron chi connectivity index (χ1n) is 5.95. The van der Waals surface area contributed by atoms with Crippen LogP contribution in [0.2, 0.25) is 0 Å². The lowest BCUT2D eigenvalue weighted by atomic mass is 10.1. The molecule has 0 fully saturated rings. The average molecular weight is 292 g/mol. The quantitative estimate of drug-likeness (QED) is 0.848. The van der Waals surface area contributed by atoms with E-state index in [0.717, 1.165) is 12.1 Å². The van der Waals surface area contributed by atoms with Crippen LogP contribution in [0, 0.1) is 5.82 Å². The smallest absolute Gasteiger partial charge is 0.370 e. The summed E-state index contributed by atoms with van der Waals surface area (Å²) < 4.78 is 50.9. The third-order valence-electron chi connectivity index (χ3n) is 3.05. The second-order valence-electron chi connectivity index (χ2n) is 4.74. The van der Waals surface area contributed by atoms with E-state index in [0.29, 0.717) is 6.07 Å². The Bertz CT molecular complexity index is 488. The Hall–Kier alpha value is -1.63. The minimum absolute atomic E-state index is 0.0957. The third kappa shape index (κ3) is 4.48. The van der Waals surface area contributed by atoms with E-state index < -0.39 is 23.5 Å². The molecule has 0 bridgehead atoms. The second-order valence-corrected chi connectivity index (χ2v) is 4.74. The van der Waals surface area contributed by atoms with E-state index in [9.17, 15) is 22.4 Å². The molecule has 0 aromatic heterocycles. The van der Waals surface area contributed by atoms with Gasteiger partial charge in [0.15, 0.2) is 0 Å². The summed E-state index contributed by atoms with van der Waals surface area (Å²) in [5.41, 5.74) is 4.17. The van der Waals surface area contributed by atoms with Gasteiger partial charge in [0.25, 0.3) is 0 Å². The fourth-order valence-electron chi connectivity index (χ4n) is 1.72. The van der Waals surface area contributed by atoms with E-state index in [-0.39, 0.29) is 24.6 Å². The summed E-state index contributed by atoms with van der Waals surface area (Å²) in [5, 5.41) is 0. The first-order valence-corrected chi connectivity index (χ1v) is 5.95. The van der Waals surface area contributed by atoms with Gasteiger partial charge in [0.1, 0.15) is 5.82 Å². The number of carbonyl (C=O) groups is 1. The molecule has 1 rings (SSSR count). The van der Waals surface area contributed by atoms with Gasteiger partial charge in [-0.25, -0.2) is 4.39 Å². The molecule has 112 valence electrons. The van der Waals surface area contributed by atoms with Crippen molar-refractivity contribution in [3.63, 3.8) is 0 Å². The molecule has 20 heavy (non-hydrogen) atoms. The minimum Gasteiger partial charge on any atom is -0.370 e. The summed E-state index contributed by atoms with van der Waals surface area (Å²) in [6.07, 6.45) is -4.47. The topological polar surface area (TPSA) is 46.3 Å². The molecule has 0 radical (unpaired) electrons. The number of benzene rings is 1. The fraction of sp³-hybridized carbons (Fsp3) is 0.462. The van der Waals surface area contributed by atoms with Gasteiger partial charge in [0.2, 0.25) is 5.91 Å². The number of hydrogen-bond donors (Lipinski definition) is 1. The van der Waals surface area contributed by atoms with E-state index in [1.54, 1.807) is 18.9 Å². The predicted octanol–water partition coefficient (Wildman–Crippen LogP) is 2.54. The van der Waals surface area contributed by atoms with Crippen LogP contribution in [-0.2, 0) is 17.5 Å². The highest BCUT2D eigenvalue weighted by atomic mass is 19.4. The molecule has 1 aromatic carbocycles. The minimum atomic E-state index is -4.56. The van der Waals surface area contributed by atoms with Crippen molar-refractivity contribution >= 4 is 5.91 Å².